The van der Waals surface area contributed by atoms with E-state index in [0.29, 0.717) is 23.6 Å². The molecule has 2 aromatic carbocycles. The summed E-state index contributed by atoms with van der Waals surface area (Å²) >= 11 is 0. The molecule has 0 bridgehead atoms. The van der Waals surface area contributed by atoms with Crippen LogP contribution in [-0.4, -0.2) is 28.7 Å². The first kappa shape index (κ1) is 20.2. The summed E-state index contributed by atoms with van der Waals surface area (Å²) in [5.41, 5.74) is 7.60. The van der Waals surface area contributed by atoms with Gasteiger partial charge in [0.15, 0.2) is 0 Å². The summed E-state index contributed by atoms with van der Waals surface area (Å²) in [6.07, 6.45) is 0.625. The third-order valence-electron chi connectivity index (χ3n) is 5.93. The van der Waals surface area contributed by atoms with Gasteiger partial charge in [0.2, 0.25) is 0 Å². The highest BCUT2D eigenvalue weighted by Gasteiger charge is 2.28. The number of ether oxygens (including phenoxy) is 1. The molecule has 0 spiro atoms. The molecule has 2 aromatic heterocycles. The Morgan fingerprint density at radius 1 is 1.09 bits per heavy atom. The molecule has 0 radical (unpaired) electrons. The van der Waals surface area contributed by atoms with Gasteiger partial charge in [0.1, 0.15) is 23.2 Å². The molecule has 1 aliphatic heterocycles. The first-order valence-corrected chi connectivity index (χ1v) is 10.8. The lowest BCUT2D eigenvalue weighted by molar-refractivity contribution is 0.0931. The smallest absolute Gasteiger partial charge is 0.256 e. The van der Waals surface area contributed by atoms with E-state index in [1.165, 1.54) is 11.1 Å². The summed E-state index contributed by atoms with van der Waals surface area (Å²) in [6.45, 7) is 8.02. The van der Waals surface area contributed by atoms with Crippen molar-refractivity contribution in [1.82, 2.24) is 15.5 Å². The van der Waals surface area contributed by atoms with E-state index in [9.17, 15) is 4.79 Å². The van der Waals surface area contributed by atoms with Crippen LogP contribution in [0.1, 0.15) is 38.6 Å². The average molecular weight is 428 g/mol. The maximum absolute atomic E-state index is 12.6. The predicted molar refractivity (Wildman–Crippen MR) is 123 cm³/mol. The summed E-state index contributed by atoms with van der Waals surface area (Å²) < 4.78 is 11.4. The highest BCUT2D eigenvalue weighted by atomic mass is 16.5. The minimum Gasteiger partial charge on any atom is -0.487 e. The fourth-order valence-electron chi connectivity index (χ4n) is 4.42. The number of hydrogen-bond acceptors (Lipinski definition) is 5. The maximum Gasteiger partial charge on any atom is 0.256 e. The van der Waals surface area contributed by atoms with Gasteiger partial charge in [-0.2, -0.15) is 0 Å². The number of carbonyl (C=O) groups is 1. The Morgan fingerprint density at radius 2 is 1.94 bits per heavy atom. The van der Waals surface area contributed by atoms with Gasteiger partial charge in [0.25, 0.3) is 5.91 Å². The molecule has 1 N–H and O–H groups in total. The Morgan fingerprint density at radius 3 is 2.72 bits per heavy atom. The molecular weight excluding hydrogens is 402 g/mol. The predicted octanol–water partition coefficient (Wildman–Crippen LogP) is 4.86. The summed E-state index contributed by atoms with van der Waals surface area (Å²) in [4.78, 5) is 17.2. The van der Waals surface area contributed by atoms with Crippen molar-refractivity contribution in [3.05, 3.63) is 76.3 Å². The Bertz CT molecular complexity index is 1340. The van der Waals surface area contributed by atoms with Crippen molar-refractivity contribution in [2.45, 2.75) is 40.2 Å². The van der Waals surface area contributed by atoms with Crippen LogP contribution in [-0.2, 0) is 6.42 Å². The lowest BCUT2D eigenvalue weighted by Crippen LogP contribution is -2.34. The average Bonchev–Trinajstić information content (AvgIpc) is 3.33. The van der Waals surface area contributed by atoms with Crippen LogP contribution in [0.4, 0.5) is 0 Å². The molecule has 1 atom stereocenters. The number of carbonyl (C=O) groups excluding carboxylic acids is 1. The normalized spacial score (nSPS) is 14.9. The molecule has 6 nitrogen and oxygen atoms in total. The number of benzene rings is 2. The second-order valence-corrected chi connectivity index (χ2v) is 8.51. The second-order valence-electron chi connectivity index (χ2n) is 8.51. The molecule has 0 saturated carbocycles. The van der Waals surface area contributed by atoms with Gasteiger partial charge >= 0.3 is 0 Å². The number of aromatic nitrogens is 2. The first-order valence-electron chi connectivity index (χ1n) is 10.8. The zero-order chi connectivity index (χ0) is 22.4. The second kappa shape index (κ2) is 7.79. The van der Waals surface area contributed by atoms with Crippen LogP contribution in [0.3, 0.4) is 0 Å². The van der Waals surface area contributed by atoms with E-state index in [2.05, 4.69) is 58.8 Å². The minimum absolute atomic E-state index is 0.125. The van der Waals surface area contributed by atoms with Crippen molar-refractivity contribution in [2.24, 2.45) is 0 Å². The van der Waals surface area contributed by atoms with Crippen LogP contribution in [0.2, 0.25) is 0 Å². The standard InChI is InChI=1S/C26H25N3O3/c1-14-9-20-12-21(13-27-26(30)24-16(3)29-32-17(24)4)31-25(20)22(10-14)18-7-8-23-19(11-18)6-5-15(2)28-23/h5-11,21H,12-13H2,1-4H3,(H,27,30)/t21-/m0/s1. The Labute approximate surface area is 186 Å². The van der Waals surface area contributed by atoms with Crippen molar-refractivity contribution in [3.8, 4) is 16.9 Å². The van der Waals surface area contributed by atoms with Gasteiger partial charge in [0, 0.05) is 23.1 Å². The topological polar surface area (TPSA) is 77.2 Å². The molecule has 0 aliphatic carbocycles. The highest BCUT2D eigenvalue weighted by molar-refractivity contribution is 5.96. The van der Waals surface area contributed by atoms with Gasteiger partial charge in [0.05, 0.1) is 17.8 Å². The van der Waals surface area contributed by atoms with Crippen LogP contribution >= 0.6 is 0 Å². The molecule has 5 rings (SSSR count). The number of aryl methyl sites for hydroxylation is 4. The molecule has 32 heavy (non-hydrogen) atoms. The highest BCUT2D eigenvalue weighted by Crippen LogP contribution is 2.40. The van der Waals surface area contributed by atoms with E-state index in [1.807, 2.05) is 13.0 Å². The quantitative estimate of drug-likeness (QED) is 0.503. The Kier molecular flexibility index (Phi) is 4.93. The van der Waals surface area contributed by atoms with Crippen molar-refractivity contribution in [1.29, 1.82) is 0 Å². The first-order chi connectivity index (χ1) is 15.4. The molecule has 1 amide bonds. The van der Waals surface area contributed by atoms with Crippen LogP contribution < -0.4 is 10.1 Å². The number of hydrogen-bond donors (Lipinski definition) is 1. The van der Waals surface area contributed by atoms with Gasteiger partial charge in [-0.05, 0) is 68.7 Å². The van der Waals surface area contributed by atoms with Gasteiger partial charge < -0.3 is 14.6 Å². The van der Waals surface area contributed by atoms with Gasteiger partial charge in [-0.25, -0.2) is 0 Å². The van der Waals surface area contributed by atoms with Crippen LogP contribution in [0.5, 0.6) is 5.75 Å². The third kappa shape index (κ3) is 3.62. The van der Waals surface area contributed by atoms with E-state index in [4.69, 9.17) is 9.26 Å². The summed E-state index contributed by atoms with van der Waals surface area (Å²) in [6, 6.07) is 14.8. The molecular formula is C26H25N3O3. The van der Waals surface area contributed by atoms with E-state index >= 15 is 0 Å². The minimum atomic E-state index is -0.186. The molecule has 162 valence electrons. The zero-order valence-corrected chi connectivity index (χ0v) is 18.7. The van der Waals surface area contributed by atoms with Gasteiger partial charge in [-0.15, -0.1) is 0 Å². The number of amides is 1. The van der Waals surface area contributed by atoms with Crippen molar-refractivity contribution < 1.29 is 14.1 Å². The summed E-state index contributed by atoms with van der Waals surface area (Å²) in [7, 11) is 0. The third-order valence-corrected chi connectivity index (χ3v) is 5.93. The number of nitrogens with zero attached hydrogens (tertiary/aromatic N) is 2. The molecule has 0 unspecified atom stereocenters. The van der Waals surface area contributed by atoms with E-state index in [0.717, 1.165) is 39.9 Å². The monoisotopic (exact) mass is 427 g/mol. The maximum atomic E-state index is 12.6. The fourth-order valence-corrected chi connectivity index (χ4v) is 4.42. The molecule has 6 heteroatoms. The molecule has 4 aromatic rings. The Hall–Kier alpha value is -3.67. The largest absolute Gasteiger partial charge is 0.487 e. The van der Waals surface area contributed by atoms with Crippen molar-refractivity contribution in [3.63, 3.8) is 0 Å². The van der Waals surface area contributed by atoms with Gasteiger partial charge in [-0.1, -0.05) is 23.4 Å². The lowest BCUT2D eigenvalue weighted by atomic mass is 9.96. The van der Waals surface area contributed by atoms with E-state index in [1.54, 1.807) is 13.8 Å². The van der Waals surface area contributed by atoms with Crippen LogP contribution in [0, 0.1) is 27.7 Å². The number of fused-ring (bicyclic) bond motifs is 2. The molecule has 3 heterocycles. The SMILES string of the molecule is Cc1cc2c(c(-c3ccc4nc(C)ccc4c3)c1)O[C@H](CNC(=O)c1c(C)noc1C)C2. The summed E-state index contributed by atoms with van der Waals surface area (Å²) in [5.74, 6) is 1.23. The van der Waals surface area contributed by atoms with Crippen molar-refractivity contribution in [2.75, 3.05) is 6.54 Å². The number of rotatable bonds is 4. The fraction of sp³-hybridized carbons (Fsp3) is 0.269. The van der Waals surface area contributed by atoms with Gasteiger partial charge in [-0.3, -0.25) is 9.78 Å². The zero-order valence-electron chi connectivity index (χ0n) is 18.7. The molecule has 1 aliphatic rings. The summed E-state index contributed by atoms with van der Waals surface area (Å²) in [5, 5.41) is 7.94. The Balaban J connectivity index is 1.39. The van der Waals surface area contributed by atoms with E-state index < -0.39 is 0 Å². The van der Waals surface area contributed by atoms with Crippen molar-refractivity contribution >= 4 is 16.8 Å². The lowest BCUT2D eigenvalue weighted by Gasteiger charge is -2.14. The number of nitrogens with one attached hydrogen (secondary N) is 1. The number of pyridine rings is 1. The van der Waals surface area contributed by atoms with Crippen LogP contribution in [0.15, 0.2) is 47.0 Å². The molecule has 0 saturated heterocycles. The van der Waals surface area contributed by atoms with Crippen LogP contribution in [0.25, 0.3) is 22.0 Å². The molecule has 0 fully saturated rings. The van der Waals surface area contributed by atoms with E-state index in [-0.39, 0.29) is 12.0 Å².